The summed E-state index contributed by atoms with van der Waals surface area (Å²) in [6.45, 7) is 1.88. The van der Waals surface area contributed by atoms with E-state index in [1.807, 2.05) is 0 Å². The average Bonchev–Trinajstić information content (AvgIpc) is 2.31. The number of anilines is 1. The Morgan fingerprint density at radius 2 is 2.11 bits per heavy atom. The summed E-state index contributed by atoms with van der Waals surface area (Å²) >= 11 is 5.77. The first kappa shape index (κ1) is 15.4. The fourth-order valence-corrected chi connectivity index (χ4v) is 1.67. The molecule has 0 fully saturated rings. The number of hydrogen-bond acceptors (Lipinski definition) is 3. The molecule has 0 spiro atoms. The number of carboxylic acids is 1. The van der Waals surface area contributed by atoms with E-state index in [0.29, 0.717) is 12.2 Å². The van der Waals surface area contributed by atoms with Crippen LogP contribution < -0.4 is 5.32 Å². The van der Waals surface area contributed by atoms with Crippen LogP contribution in [0.3, 0.4) is 0 Å². The van der Waals surface area contributed by atoms with E-state index in [-0.39, 0.29) is 18.1 Å². The highest BCUT2D eigenvalue weighted by Gasteiger charge is 2.13. The first-order valence-electron chi connectivity index (χ1n) is 5.61. The highest BCUT2D eigenvalue weighted by molar-refractivity contribution is 6.33. The van der Waals surface area contributed by atoms with Crippen LogP contribution in [0.1, 0.15) is 6.92 Å². The van der Waals surface area contributed by atoms with Gasteiger partial charge in [-0.2, -0.15) is 0 Å². The van der Waals surface area contributed by atoms with Crippen LogP contribution in [0.25, 0.3) is 0 Å². The van der Waals surface area contributed by atoms with Crippen LogP contribution >= 0.6 is 11.6 Å². The summed E-state index contributed by atoms with van der Waals surface area (Å²) < 4.78 is 12.8. The van der Waals surface area contributed by atoms with Crippen molar-refractivity contribution in [3.63, 3.8) is 0 Å². The van der Waals surface area contributed by atoms with Crippen LogP contribution in [0.4, 0.5) is 10.1 Å². The van der Waals surface area contributed by atoms with Crippen LogP contribution in [0.2, 0.25) is 5.02 Å². The van der Waals surface area contributed by atoms with Crippen molar-refractivity contribution in [2.24, 2.45) is 0 Å². The van der Waals surface area contributed by atoms with Crippen LogP contribution in [0.5, 0.6) is 0 Å². The van der Waals surface area contributed by atoms with E-state index in [4.69, 9.17) is 16.7 Å². The molecule has 1 aromatic carbocycles. The first-order valence-corrected chi connectivity index (χ1v) is 5.99. The normalized spacial score (nSPS) is 10.5. The van der Waals surface area contributed by atoms with Gasteiger partial charge in [0.15, 0.2) is 0 Å². The maximum absolute atomic E-state index is 12.8. The van der Waals surface area contributed by atoms with E-state index < -0.39 is 17.7 Å². The molecule has 0 saturated carbocycles. The molecule has 0 aliphatic heterocycles. The van der Waals surface area contributed by atoms with Gasteiger partial charge in [0.25, 0.3) is 0 Å². The maximum atomic E-state index is 12.8. The van der Waals surface area contributed by atoms with Crippen molar-refractivity contribution >= 4 is 29.2 Å². The van der Waals surface area contributed by atoms with Crippen LogP contribution in [-0.4, -0.2) is 41.5 Å². The van der Waals surface area contributed by atoms with E-state index in [1.54, 1.807) is 6.92 Å². The van der Waals surface area contributed by atoms with E-state index in [0.717, 1.165) is 6.07 Å². The second kappa shape index (κ2) is 7.06. The van der Waals surface area contributed by atoms with Crippen molar-refractivity contribution in [2.75, 3.05) is 25.0 Å². The lowest BCUT2D eigenvalue weighted by Crippen LogP contribution is -2.36. The number of nitrogens with one attached hydrogen (secondary N) is 1. The van der Waals surface area contributed by atoms with Gasteiger partial charge >= 0.3 is 5.97 Å². The fraction of sp³-hybridized carbons (Fsp3) is 0.333. The molecule has 0 atom stereocenters. The lowest BCUT2D eigenvalue weighted by atomic mass is 10.3. The molecule has 104 valence electrons. The average molecular weight is 289 g/mol. The van der Waals surface area contributed by atoms with Gasteiger partial charge in [-0.05, 0) is 24.7 Å². The molecule has 2 N–H and O–H groups in total. The van der Waals surface area contributed by atoms with Gasteiger partial charge in [-0.25, -0.2) is 4.39 Å². The molecule has 0 heterocycles. The number of likely N-dealkylation sites (N-methyl/N-ethyl adjacent to an activating group) is 1. The van der Waals surface area contributed by atoms with Crippen LogP contribution in [-0.2, 0) is 9.59 Å². The van der Waals surface area contributed by atoms with E-state index in [2.05, 4.69) is 5.32 Å². The number of halogens is 2. The van der Waals surface area contributed by atoms with Crippen molar-refractivity contribution < 1.29 is 19.1 Å². The third-order valence-electron chi connectivity index (χ3n) is 2.38. The molecule has 19 heavy (non-hydrogen) atoms. The van der Waals surface area contributed by atoms with Gasteiger partial charge < -0.3 is 10.4 Å². The number of hydrogen-bond donors (Lipinski definition) is 2. The summed E-state index contributed by atoms with van der Waals surface area (Å²) in [4.78, 5) is 23.7. The smallest absolute Gasteiger partial charge is 0.317 e. The van der Waals surface area contributed by atoms with Crippen molar-refractivity contribution in [3.05, 3.63) is 29.0 Å². The molecule has 7 heteroatoms. The minimum atomic E-state index is -1.01. The Hall–Kier alpha value is -1.66. The van der Waals surface area contributed by atoms with Crippen molar-refractivity contribution in [2.45, 2.75) is 6.92 Å². The zero-order valence-corrected chi connectivity index (χ0v) is 11.1. The molecule has 1 aromatic rings. The molecular weight excluding hydrogens is 275 g/mol. The molecule has 0 radical (unpaired) electrons. The Balaban J connectivity index is 2.61. The van der Waals surface area contributed by atoms with Gasteiger partial charge in [0.1, 0.15) is 5.82 Å². The van der Waals surface area contributed by atoms with Crippen molar-refractivity contribution in [1.82, 2.24) is 4.90 Å². The number of carbonyl (C=O) groups is 2. The molecule has 0 aliphatic rings. The number of benzene rings is 1. The van der Waals surface area contributed by atoms with Crippen LogP contribution in [0.15, 0.2) is 18.2 Å². The monoisotopic (exact) mass is 288 g/mol. The SMILES string of the molecule is CCN(CC(=O)O)CC(=O)Nc1ccc(F)cc1Cl. The lowest BCUT2D eigenvalue weighted by Gasteiger charge is -2.17. The predicted molar refractivity (Wildman–Crippen MR) is 69.8 cm³/mol. The Kier molecular flexibility index (Phi) is 5.72. The van der Waals surface area contributed by atoms with Crippen LogP contribution in [0, 0.1) is 5.82 Å². The fourth-order valence-electron chi connectivity index (χ4n) is 1.45. The van der Waals surface area contributed by atoms with E-state index >= 15 is 0 Å². The summed E-state index contributed by atoms with van der Waals surface area (Å²) in [6, 6.07) is 3.62. The zero-order chi connectivity index (χ0) is 14.4. The quantitative estimate of drug-likeness (QED) is 0.838. The van der Waals surface area contributed by atoms with Gasteiger partial charge in [-0.3, -0.25) is 14.5 Å². The number of aliphatic carboxylic acids is 1. The molecule has 0 aliphatic carbocycles. The van der Waals surface area contributed by atoms with E-state index in [9.17, 15) is 14.0 Å². The highest BCUT2D eigenvalue weighted by atomic mass is 35.5. The molecule has 1 rings (SSSR count). The molecular formula is C12H14ClFN2O3. The summed E-state index contributed by atoms with van der Waals surface area (Å²) in [5.41, 5.74) is 0.291. The number of rotatable bonds is 6. The summed E-state index contributed by atoms with van der Waals surface area (Å²) in [7, 11) is 0. The summed E-state index contributed by atoms with van der Waals surface area (Å²) in [5.74, 6) is -1.91. The molecule has 0 aromatic heterocycles. The molecule has 0 saturated heterocycles. The lowest BCUT2D eigenvalue weighted by molar-refractivity contribution is -0.138. The highest BCUT2D eigenvalue weighted by Crippen LogP contribution is 2.22. The van der Waals surface area contributed by atoms with E-state index in [1.165, 1.54) is 17.0 Å². The van der Waals surface area contributed by atoms with Gasteiger partial charge in [0, 0.05) is 0 Å². The van der Waals surface area contributed by atoms with Crippen molar-refractivity contribution in [3.8, 4) is 0 Å². The van der Waals surface area contributed by atoms with Gasteiger partial charge in [0.2, 0.25) is 5.91 Å². The first-order chi connectivity index (χ1) is 8.92. The minimum Gasteiger partial charge on any atom is -0.480 e. The zero-order valence-electron chi connectivity index (χ0n) is 10.3. The number of carbonyl (C=O) groups excluding carboxylic acids is 1. The number of amides is 1. The minimum absolute atomic E-state index is 0.0729. The molecule has 0 unspecified atom stereocenters. The van der Waals surface area contributed by atoms with Gasteiger partial charge in [-0.1, -0.05) is 18.5 Å². The Bertz CT molecular complexity index is 482. The molecule has 0 bridgehead atoms. The second-order valence-electron chi connectivity index (χ2n) is 3.87. The standard InChI is InChI=1S/C12H14ClFN2O3/c1-2-16(7-12(18)19)6-11(17)15-10-4-3-8(14)5-9(10)13/h3-5H,2,6-7H2,1H3,(H,15,17)(H,18,19). The van der Waals surface area contributed by atoms with Gasteiger partial charge in [0.05, 0.1) is 23.8 Å². The Morgan fingerprint density at radius 3 is 2.63 bits per heavy atom. The summed E-state index contributed by atoms with van der Waals surface area (Å²) in [6.07, 6.45) is 0. The largest absolute Gasteiger partial charge is 0.480 e. The third kappa shape index (κ3) is 5.23. The predicted octanol–water partition coefficient (Wildman–Crippen LogP) is 1.82. The number of nitrogens with zero attached hydrogens (tertiary/aromatic N) is 1. The summed E-state index contributed by atoms with van der Waals surface area (Å²) in [5, 5.41) is 11.3. The van der Waals surface area contributed by atoms with Gasteiger partial charge in [-0.15, -0.1) is 0 Å². The molecule has 1 amide bonds. The topological polar surface area (TPSA) is 69.6 Å². The number of carboxylic acid groups (broad SMARTS) is 1. The third-order valence-corrected chi connectivity index (χ3v) is 2.69. The maximum Gasteiger partial charge on any atom is 0.317 e. The second-order valence-corrected chi connectivity index (χ2v) is 4.28. The molecule has 5 nitrogen and oxygen atoms in total. The Labute approximate surface area is 115 Å². The van der Waals surface area contributed by atoms with Crippen molar-refractivity contribution in [1.29, 1.82) is 0 Å². The Morgan fingerprint density at radius 1 is 1.42 bits per heavy atom.